The minimum atomic E-state index is -0.478. The van der Waals surface area contributed by atoms with Crippen LogP contribution in [-0.2, 0) is 17.8 Å². The third-order valence-electron chi connectivity index (χ3n) is 3.38. The van der Waals surface area contributed by atoms with Gasteiger partial charge in [0.05, 0.1) is 12.7 Å². The SMILES string of the molecule is COc1cccc(CNCc2ccc(C(=O)OC(C)(C)C)cc2)c1. The fourth-order valence-electron chi connectivity index (χ4n) is 2.23. The zero-order chi connectivity index (χ0) is 17.6. The zero-order valence-corrected chi connectivity index (χ0v) is 14.8. The van der Waals surface area contributed by atoms with Gasteiger partial charge in [-0.25, -0.2) is 4.79 Å². The number of methoxy groups -OCH3 is 1. The second-order valence-corrected chi connectivity index (χ2v) is 6.65. The number of hydrogen-bond donors (Lipinski definition) is 1. The van der Waals surface area contributed by atoms with E-state index in [2.05, 4.69) is 11.4 Å². The molecule has 24 heavy (non-hydrogen) atoms. The van der Waals surface area contributed by atoms with E-state index in [-0.39, 0.29) is 5.97 Å². The fraction of sp³-hybridized carbons (Fsp3) is 0.350. The highest BCUT2D eigenvalue weighted by Gasteiger charge is 2.17. The van der Waals surface area contributed by atoms with Crippen LogP contribution in [0.2, 0.25) is 0 Å². The van der Waals surface area contributed by atoms with E-state index in [9.17, 15) is 4.79 Å². The molecule has 2 rings (SSSR count). The predicted octanol–water partition coefficient (Wildman–Crippen LogP) is 3.94. The van der Waals surface area contributed by atoms with Crippen LogP contribution in [0.4, 0.5) is 0 Å². The third-order valence-corrected chi connectivity index (χ3v) is 3.38. The Kier molecular flexibility index (Phi) is 5.99. The second kappa shape index (κ2) is 7.97. The summed E-state index contributed by atoms with van der Waals surface area (Å²) in [5, 5.41) is 3.38. The van der Waals surface area contributed by atoms with Gasteiger partial charge in [0.2, 0.25) is 0 Å². The van der Waals surface area contributed by atoms with Crippen molar-refractivity contribution in [3.63, 3.8) is 0 Å². The van der Waals surface area contributed by atoms with Crippen LogP contribution < -0.4 is 10.1 Å². The molecule has 128 valence electrons. The molecule has 0 aliphatic rings. The lowest BCUT2D eigenvalue weighted by Crippen LogP contribution is -2.23. The topological polar surface area (TPSA) is 47.6 Å². The predicted molar refractivity (Wildman–Crippen MR) is 95.1 cm³/mol. The Balaban J connectivity index is 1.86. The summed E-state index contributed by atoms with van der Waals surface area (Å²) in [7, 11) is 1.67. The van der Waals surface area contributed by atoms with Crippen molar-refractivity contribution in [3.05, 3.63) is 65.2 Å². The van der Waals surface area contributed by atoms with Crippen LogP contribution in [0.5, 0.6) is 5.75 Å². The van der Waals surface area contributed by atoms with Gasteiger partial charge in [-0.05, 0) is 56.2 Å². The molecule has 1 N–H and O–H groups in total. The van der Waals surface area contributed by atoms with Crippen molar-refractivity contribution in [2.45, 2.75) is 39.5 Å². The summed E-state index contributed by atoms with van der Waals surface area (Å²) in [6, 6.07) is 15.5. The number of nitrogens with one attached hydrogen (secondary N) is 1. The Hall–Kier alpha value is -2.33. The van der Waals surface area contributed by atoms with Crippen LogP contribution in [0.3, 0.4) is 0 Å². The first kappa shape index (κ1) is 18.0. The van der Waals surface area contributed by atoms with E-state index in [0.717, 1.165) is 24.4 Å². The first-order valence-corrected chi connectivity index (χ1v) is 8.03. The molecule has 0 saturated carbocycles. The molecule has 4 nitrogen and oxygen atoms in total. The normalized spacial score (nSPS) is 11.2. The molecule has 0 saturated heterocycles. The molecule has 0 unspecified atom stereocenters. The van der Waals surface area contributed by atoms with Gasteiger partial charge in [0.1, 0.15) is 11.4 Å². The number of rotatable bonds is 6. The molecule has 0 aliphatic heterocycles. The van der Waals surface area contributed by atoms with Crippen LogP contribution in [0.1, 0.15) is 42.3 Å². The Morgan fingerprint density at radius 1 is 1.00 bits per heavy atom. The molecule has 0 spiro atoms. The molecule has 4 heteroatoms. The van der Waals surface area contributed by atoms with Gasteiger partial charge in [-0.3, -0.25) is 0 Å². The number of carbonyl (C=O) groups excluding carboxylic acids is 1. The number of esters is 1. The maximum absolute atomic E-state index is 12.0. The summed E-state index contributed by atoms with van der Waals surface area (Å²) in [5.74, 6) is 0.564. The van der Waals surface area contributed by atoms with Crippen molar-refractivity contribution in [2.75, 3.05) is 7.11 Å². The molecule has 0 bridgehead atoms. The Labute approximate surface area is 143 Å². The van der Waals surface area contributed by atoms with E-state index >= 15 is 0 Å². The first-order chi connectivity index (χ1) is 11.4. The van der Waals surface area contributed by atoms with Crippen LogP contribution in [-0.4, -0.2) is 18.7 Å². The van der Waals surface area contributed by atoms with Gasteiger partial charge >= 0.3 is 5.97 Å². The van der Waals surface area contributed by atoms with Crippen LogP contribution >= 0.6 is 0 Å². The quantitative estimate of drug-likeness (QED) is 0.816. The van der Waals surface area contributed by atoms with Gasteiger partial charge in [-0.15, -0.1) is 0 Å². The molecule has 0 fully saturated rings. The van der Waals surface area contributed by atoms with Gasteiger partial charge in [0.25, 0.3) is 0 Å². The van der Waals surface area contributed by atoms with E-state index in [1.165, 1.54) is 5.56 Å². The van der Waals surface area contributed by atoms with Crippen LogP contribution in [0.15, 0.2) is 48.5 Å². The largest absolute Gasteiger partial charge is 0.497 e. The number of hydrogen-bond acceptors (Lipinski definition) is 4. The Bertz CT molecular complexity index is 672. The zero-order valence-electron chi connectivity index (χ0n) is 14.8. The summed E-state index contributed by atoms with van der Waals surface area (Å²) in [4.78, 5) is 12.0. The molecule has 0 amide bonds. The summed E-state index contributed by atoms with van der Waals surface area (Å²) >= 11 is 0. The van der Waals surface area contributed by atoms with E-state index < -0.39 is 5.60 Å². The minimum absolute atomic E-state index is 0.293. The molecule has 0 heterocycles. The monoisotopic (exact) mass is 327 g/mol. The lowest BCUT2D eigenvalue weighted by atomic mass is 10.1. The van der Waals surface area contributed by atoms with Crippen molar-refractivity contribution in [2.24, 2.45) is 0 Å². The first-order valence-electron chi connectivity index (χ1n) is 8.03. The van der Waals surface area contributed by atoms with E-state index in [1.807, 2.05) is 51.1 Å². The average Bonchev–Trinajstić information content (AvgIpc) is 2.54. The minimum Gasteiger partial charge on any atom is -0.497 e. The lowest BCUT2D eigenvalue weighted by Gasteiger charge is -2.19. The van der Waals surface area contributed by atoms with Crippen LogP contribution in [0.25, 0.3) is 0 Å². The van der Waals surface area contributed by atoms with Gasteiger partial charge in [-0.2, -0.15) is 0 Å². The molecular weight excluding hydrogens is 302 g/mol. The Morgan fingerprint density at radius 3 is 2.29 bits per heavy atom. The summed E-state index contributed by atoms with van der Waals surface area (Å²) in [6.45, 7) is 7.07. The summed E-state index contributed by atoms with van der Waals surface area (Å²) in [6.07, 6.45) is 0. The molecule has 0 aromatic heterocycles. The van der Waals surface area contributed by atoms with Gasteiger partial charge < -0.3 is 14.8 Å². The highest BCUT2D eigenvalue weighted by Crippen LogP contribution is 2.14. The molecular formula is C20H25NO3. The maximum Gasteiger partial charge on any atom is 0.338 e. The summed E-state index contributed by atoms with van der Waals surface area (Å²) in [5.41, 5.74) is 2.38. The average molecular weight is 327 g/mol. The van der Waals surface area contributed by atoms with Gasteiger partial charge in [-0.1, -0.05) is 24.3 Å². The van der Waals surface area contributed by atoms with E-state index in [1.54, 1.807) is 19.2 Å². The number of benzene rings is 2. The number of carbonyl (C=O) groups is 1. The highest BCUT2D eigenvalue weighted by atomic mass is 16.6. The third kappa shape index (κ3) is 5.70. The lowest BCUT2D eigenvalue weighted by molar-refractivity contribution is 0.00695. The van der Waals surface area contributed by atoms with Gasteiger partial charge in [0, 0.05) is 13.1 Å². The van der Waals surface area contributed by atoms with Gasteiger partial charge in [0.15, 0.2) is 0 Å². The molecule has 0 aliphatic carbocycles. The van der Waals surface area contributed by atoms with Crippen molar-refractivity contribution < 1.29 is 14.3 Å². The standard InChI is InChI=1S/C20H25NO3/c1-20(2,3)24-19(22)17-10-8-15(9-11-17)13-21-14-16-6-5-7-18(12-16)23-4/h5-12,21H,13-14H2,1-4H3. The molecule has 0 radical (unpaired) electrons. The summed E-state index contributed by atoms with van der Waals surface area (Å²) < 4.78 is 10.6. The van der Waals surface area contributed by atoms with Crippen molar-refractivity contribution in [3.8, 4) is 5.75 Å². The smallest absolute Gasteiger partial charge is 0.338 e. The fourth-order valence-corrected chi connectivity index (χ4v) is 2.23. The maximum atomic E-state index is 12.0. The Morgan fingerprint density at radius 2 is 1.67 bits per heavy atom. The molecule has 2 aromatic carbocycles. The number of ether oxygens (including phenoxy) is 2. The van der Waals surface area contributed by atoms with Crippen LogP contribution in [0, 0.1) is 0 Å². The van der Waals surface area contributed by atoms with Crippen molar-refractivity contribution in [1.82, 2.24) is 5.32 Å². The van der Waals surface area contributed by atoms with Crippen molar-refractivity contribution in [1.29, 1.82) is 0 Å². The molecule has 2 aromatic rings. The second-order valence-electron chi connectivity index (χ2n) is 6.65. The highest BCUT2D eigenvalue weighted by molar-refractivity contribution is 5.89. The van der Waals surface area contributed by atoms with E-state index in [0.29, 0.717) is 5.56 Å². The molecule has 0 atom stereocenters. The van der Waals surface area contributed by atoms with E-state index in [4.69, 9.17) is 9.47 Å². The van der Waals surface area contributed by atoms with Crippen molar-refractivity contribution >= 4 is 5.97 Å².